The number of nitrogens with zero attached hydrogens (tertiary/aromatic N) is 3. The monoisotopic (exact) mass is 573 g/mol. The Bertz CT molecular complexity index is 1390. The summed E-state index contributed by atoms with van der Waals surface area (Å²) in [5, 5.41) is 19.8. The van der Waals surface area contributed by atoms with E-state index >= 15 is 0 Å². The number of phenols is 1. The Kier molecular flexibility index (Phi) is 6.65. The molecule has 1 aromatic heterocycles. The third-order valence-electron chi connectivity index (χ3n) is 5.11. The molecular formula is C23H17Br2N3O3S. The lowest BCUT2D eigenvalue weighted by Crippen LogP contribution is -2.35. The van der Waals surface area contributed by atoms with E-state index in [0.29, 0.717) is 42.5 Å². The first-order valence-electron chi connectivity index (χ1n) is 9.81. The van der Waals surface area contributed by atoms with Crippen LogP contribution in [0.3, 0.4) is 0 Å². The summed E-state index contributed by atoms with van der Waals surface area (Å²) in [6, 6.07) is 14.4. The molecule has 0 spiro atoms. The van der Waals surface area contributed by atoms with Gasteiger partial charge in [0.2, 0.25) is 0 Å². The van der Waals surface area contributed by atoms with Crippen LogP contribution in [0.4, 0.5) is 0 Å². The van der Waals surface area contributed by atoms with Crippen molar-refractivity contribution in [2.75, 3.05) is 13.1 Å². The molecule has 1 fully saturated rings. The second-order valence-electron chi connectivity index (χ2n) is 7.21. The van der Waals surface area contributed by atoms with Crippen LogP contribution < -0.4 is 14.8 Å². The standard InChI is InChI=1S/C23H17Br2N3O3S/c24-17-10-14(11-18(25)20(17)29)12-19-22(31)28(15-6-2-1-3-7-15)23(32-19)16(13-26)21(30)27-8-4-5-9-27/h1-3,6-7,10-12,29H,4-5,8-9H2. The van der Waals surface area contributed by atoms with Crippen molar-refractivity contribution in [3.63, 3.8) is 0 Å². The highest BCUT2D eigenvalue weighted by atomic mass is 79.9. The topological polar surface area (TPSA) is 86.3 Å². The molecule has 1 saturated heterocycles. The number of hydrogen-bond donors (Lipinski definition) is 1. The molecule has 2 aromatic carbocycles. The van der Waals surface area contributed by atoms with E-state index in [1.807, 2.05) is 12.1 Å². The summed E-state index contributed by atoms with van der Waals surface area (Å²) in [7, 11) is 0. The first-order valence-corrected chi connectivity index (χ1v) is 12.2. The van der Waals surface area contributed by atoms with Gasteiger partial charge < -0.3 is 10.0 Å². The van der Waals surface area contributed by atoms with Gasteiger partial charge in [-0.2, -0.15) is 5.26 Å². The van der Waals surface area contributed by atoms with Gasteiger partial charge in [-0.1, -0.05) is 18.2 Å². The van der Waals surface area contributed by atoms with Gasteiger partial charge in [0, 0.05) is 13.1 Å². The van der Waals surface area contributed by atoms with Crippen molar-refractivity contribution in [2.24, 2.45) is 0 Å². The van der Waals surface area contributed by atoms with Gasteiger partial charge in [0.1, 0.15) is 16.5 Å². The summed E-state index contributed by atoms with van der Waals surface area (Å²) in [4.78, 5) is 28.2. The minimum Gasteiger partial charge on any atom is -0.506 e. The number of hydrogen-bond acceptors (Lipinski definition) is 5. The predicted octanol–water partition coefficient (Wildman–Crippen LogP) is 3.26. The van der Waals surface area contributed by atoms with Crippen LogP contribution >= 0.6 is 43.2 Å². The number of amides is 1. The molecule has 0 unspecified atom stereocenters. The second kappa shape index (κ2) is 9.45. The molecule has 0 atom stereocenters. The SMILES string of the molecule is N#CC(C(=O)N1CCCC1)=c1sc(=Cc2cc(Br)c(O)c(Br)c2)c(=O)n1-c1ccccc1. The fraction of sp³-hybridized carbons (Fsp3) is 0.174. The number of likely N-dealkylation sites (tertiary alicyclic amines) is 1. The van der Waals surface area contributed by atoms with Crippen LogP contribution in [-0.4, -0.2) is 33.6 Å². The number of carbonyl (C=O) groups excluding carboxylic acids is 1. The quantitative estimate of drug-likeness (QED) is 0.520. The van der Waals surface area contributed by atoms with E-state index in [4.69, 9.17) is 0 Å². The van der Waals surface area contributed by atoms with Crippen LogP contribution in [0.15, 0.2) is 56.2 Å². The van der Waals surface area contributed by atoms with E-state index < -0.39 is 0 Å². The number of rotatable bonds is 3. The van der Waals surface area contributed by atoms with Crippen molar-refractivity contribution in [3.8, 4) is 17.5 Å². The highest BCUT2D eigenvalue weighted by molar-refractivity contribution is 9.11. The lowest BCUT2D eigenvalue weighted by atomic mass is 10.2. The smallest absolute Gasteiger partial charge is 0.273 e. The molecule has 4 rings (SSSR count). The van der Waals surface area contributed by atoms with Gasteiger partial charge in [-0.3, -0.25) is 14.2 Å². The normalized spacial score (nSPS) is 15.0. The maximum Gasteiger partial charge on any atom is 0.273 e. The molecule has 1 aliphatic heterocycles. The fourth-order valence-corrected chi connectivity index (χ4v) is 5.87. The van der Waals surface area contributed by atoms with Crippen LogP contribution in [0, 0.1) is 11.3 Å². The van der Waals surface area contributed by atoms with Crippen LogP contribution in [-0.2, 0) is 4.79 Å². The number of para-hydroxylation sites is 1. The molecule has 9 heteroatoms. The maximum atomic E-state index is 13.4. The summed E-state index contributed by atoms with van der Waals surface area (Å²) in [6.45, 7) is 1.22. The Morgan fingerprint density at radius 3 is 2.34 bits per heavy atom. The van der Waals surface area contributed by atoms with Crippen molar-refractivity contribution >= 4 is 60.8 Å². The zero-order valence-corrected chi connectivity index (χ0v) is 20.7. The number of aromatic nitrogens is 1. The summed E-state index contributed by atoms with van der Waals surface area (Å²) in [6.07, 6.45) is 3.49. The zero-order valence-electron chi connectivity index (χ0n) is 16.7. The average molecular weight is 575 g/mol. The van der Waals surface area contributed by atoms with Crippen molar-refractivity contribution in [3.05, 3.63) is 76.5 Å². The zero-order chi connectivity index (χ0) is 22.8. The molecule has 0 radical (unpaired) electrons. The first kappa shape index (κ1) is 22.5. The number of phenolic OH excluding ortho intramolecular Hbond substituents is 1. The van der Waals surface area contributed by atoms with Gasteiger partial charge in [0.15, 0.2) is 5.57 Å². The number of thiazole rings is 1. The lowest BCUT2D eigenvalue weighted by Gasteiger charge is -2.14. The number of nitriles is 1. The lowest BCUT2D eigenvalue weighted by molar-refractivity contribution is -0.123. The molecule has 1 aliphatic rings. The van der Waals surface area contributed by atoms with Crippen LogP contribution in [0.2, 0.25) is 0 Å². The first-order chi connectivity index (χ1) is 15.4. The van der Waals surface area contributed by atoms with Gasteiger partial charge in [-0.05, 0) is 80.6 Å². The Hall–Kier alpha value is -2.67. The van der Waals surface area contributed by atoms with E-state index in [1.165, 1.54) is 4.57 Å². The largest absolute Gasteiger partial charge is 0.506 e. The van der Waals surface area contributed by atoms with Gasteiger partial charge >= 0.3 is 0 Å². The Morgan fingerprint density at radius 1 is 1.12 bits per heavy atom. The van der Waals surface area contributed by atoms with Gasteiger partial charge in [0.05, 0.1) is 19.2 Å². The van der Waals surface area contributed by atoms with Crippen molar-refractivity contribution in [1.29, 1.82) is 5.26 Å². The molecule has 162 valence electrons. The highest BCUT2D eigenvalue weighted by Gasteiger charge is 2.24. The van der Waals surface area contributed by atoms with Crippen molar-refractivity contribution in [2.45, 2.75) is 12.8 Å². The summed E-state index contributed by atoms with van der Waals surface area (Å²) in [5.74, 6) is -0.287. The highest BCUT2D eigenvalue weighted by Crippen LogP contribution is 2.33. The molecule has 0 bridgehead atoms. The van der Waals surface area contributed by atoms with Gasteiger partial charge in [-0.15, -0.1) is 11.3 Å². The molecule has 6 nitrogen and oxygen atoms in total. The van der Waals surface area contributed by atoms with Gasteiger partial charge in [0.25, 0.3) is 11.5 Å². The van der Waals surface area contributed by atoms with Crippen LogP contribution in [0.5, 0.6) is 5.75 Å². The van der Waals surface area contributed by atoms with Crippen molar-refractivity contribution in [1.82, 2.24) is 9.47 Å². The Balaban J connectivity index is 2.01. The third kappa shape index (κ3) is 4.31. The maximum absolute atomic E-state index is 13.4. The van der Waals surface area contributed by atoms with Crippen molar-refractivity contribution < 1.29 is 9.90 Å². The third-order valence-corrected chi connectivity index (χ3v) is 7.41. The summed E-state index contributed by atoms with van der Waals surface area (Å²) >= 11 is 7.70. The van der Waals surface area contributed by atoms with Crippen LogP contribution in [0.1, 0.15) is 18.4 Å². The van der Waals surface area contributed by atoms with Crippen LogP contribution in [0.25, 0.3) is 17.3 Å². The van der Waals surface area contributed by atoms with Gasteiger partial charge in [-0.25, -0.2) is 0 Å². The second-order valence-corrected chi connectivity index (χ2v) is 9.95. The molecule has 1 amide bonds. The predicted molar refractivity (Wildman–Crippen MR) is 131 cm³/mol. The minimum atomic E-state index is -0.349. The molecule has 32 heavy (non-hydrogen) atoms. The molecule has 2 heterocycles. The molecular weight excluding hydrogens is 558 g/mol. The number of halogens is 2. The number of carbonyl (C=O) groups is 1. The van der Waals surface area contributed by atoms with E-state index in [2.05, 4.69) is 31.9 Å². The number of aromatic hydroxyl groups is 1. The summed E-state index contributed by atoms with van der Waals surface area (Å²) < 4.78 is 3.06. The average Bonchev–Trinajstić information content (AvgIpc) is 3.42. The van der Waals surface area contributed by atoms with E-state index in [-0.39, 0.29) is 22.8 Å². The summed E-state index contributed by atoms with van der Waals surface area (Å²) in [5.41, 5.74) is 0.901. The molecule has 1 N–H and O–H groups in total. The fourth-order valence-electron chi connectivity index (χ4n) is 3.55. The minimum absolute atomic E-state index is 0.0365. The van der Waals surface area contributed by atoms with E-state index in [1.54, 1.807) is 47.4 Å². The molecule has 3 aromatic rings. The Morgan fingerprint density at radius 2 is 1.75 bits per heavy atom. The van der Waals surface area contributed by atoms with E-state index in [9.17, 15) is 20.0 Å². The Labute approximate surface area is 204 Å². The molecule has 0 aliphatic carbocycles. The molecule has 0 saturated carbocycles. The number of benzene rings is 2. The van der Waals surface area contributed by atoms with E-state index in [0.717, 1.165) is 24.2 Å².